The molecule has 9 heteroatoms. The minimum Gasteiger partial charge on any atom is -0.497 e. The van der Waals surface area contributed by atoms with E-state index in [0.717, 1.165) is 0 Å². The molecule has 27 heavy (non-hydrogen) atoms. The van der Waals surface area contributed by atoms with E-state index >= 15 is 0 Å². The number of carbonyl (C=O) groups is 1. The van der Waals surface area contributed by atoms with Crippen LogP contribution in [0.5, 0.6) is 11.5 Å². The van der Waals surface area contributed by atoms with Gasteiger partial charge in [0.2, 0.25) is 11.9 Å². The number of carbonyl (C=O) groups excluding carboxylic acids is 1. The van der Waals surface area contributed by atoms with Crippen LogP contribution in [-0.4, -0.2) is 46.6 Å². The molecule has 0 saturated heterocycles. The fourth-order valence-electron chi connectivity index (χ4n) is 3.25. The second-order valence-corrected chi connectivity index (χ2v) is 6.21. The van der Waals surface area contributed by atoms with Gasteiger partial charge in [0.15, 0.2) is 5.82 Å². The first-order valence-corrected chi connectivity index (χ1v) is 8.53. The number of nitrogens with one attached hydrogen (secondary N) is 1. The predicted octanol–water partition coefficient (Wildman–Crippen LogP) is 0.850. The molecule has 1 aliphatic rings. The number of amides is 1. The Morgan fingerprint density at radius 2 is 2.19 bits per heavy atom. The number of methoxy groups -OCH3 is 2. The number of hydrogen-bond acceptors (Lipinski definition) is 7. The van der Waals surface area contributed by atoms with Crippen molar-refractivity contribution in [2.75, 3.05) is 26.1 Å². The lowest BCUT2D eigenvalue weighted by Gasteiger charge is -2.33. The van der Waals surface area contributed by atoms with Crippen LogP contribution in [0.3, 0.4) is 0 Å². The molecule has 0 spiro atoms. The Balaban J connectivity index is 2.17. The van der Waals surface area contributed by atoms with E-state index in [9.17, 15) is 4.79 Å². The molecule has 0 saturated carbocycles. The number of nitrogens with zero attached hydrogens (tertiary/aromatic N) is 3. The fourth-order valence-corrected chi connectivity index (χ4v) is 3.25. The Hall–Kier alpha value is -3.07. The first-order valence-electron chi connectivity index (χ1n) is 8.53. The third-order valence-electron chi connectivity index (χ3n) is 4.52. The van der Waals surface area contributed by atoms with Crippen LogP contribution in [-0.2, 0) is 11.2 Å². The Labute approximate surface area is 156 Å². The highest BCUT2D eigenvalue weighted by molar-refractivity contribution is 5.82. The summed E-state index contributed by atoms with van der Waals surface area (Å²) >= 11 is 0. The van der Waals surface area contributed by atoms with Crippen molar-refractivity contribution >= 4 is 11.9 Å². The number of ether oxygens (including phenoxy) is 2. The van der Waals surface area contributed by atoms with E-state index in [4.69, 9.17) is 20.3 Å². The molecule has 3 rings (SSSR count). The van der Waals surface area contributed by atoms with Gasteiger partial charge in [0.25, 0.3) is 0 Å². The van der Waals surface area contributed by atoms with Gasteiger partial charge in [0.05, 0.1) is 14.2 Å². The maximum atomic E-state index is 12.2. The molecule has 2 aromatic rings. The van der Waals surface area contributed by atoms with Gasteiger partial charge < -0.3 is 25.6 Å². The second-order valence-electron chi connectivity index (χ2n) is 6.21. The lowest BCUT2D eigenvalue weighted by atomic mass is 9.88. The number of hydrogen-bond donors (Lipinski definition) is 3. The number of fused-ring (bicyclic) bond motifs is 1. The van der Waals surface area contributed by atoms with Crippen LogP contribution < -0.4 is 20.5 Å². The molecule has 9 nitrogen and oxygen atoms in total. The number of benzene rings is 1. The molecular weight excluding hydrogens is 350 g/mol. The molecule has 0 aliphatic carbocycles. The topological polar surface area (TPSA) is 125 Å². The summed E-state index contributed by atoms with van der Waals surface area (Å²) in [5, 5.41) is 16.6. The van der Waals surface area contributed by atoms with Crippen molar-refractivity contribution in [1.29, 1.82) is 0 Å². The first kappa shape index (κ1) is 18.7. The molecule has 1 aromatic heterocycles. The minimum atomic E-state index is -0.758. The van der Waals surface area contributed by atoms with Crippen molar-refractivity contribution in [3.05, 3.63) is 41.9 Å². The maximum absolute atomic E-state index is 12.2. The number of aromatic nitrogens is 3. The van der Waals surface area contributed by atoms with Crippen LogP contribution in [0.25, 0.3) is 0 Å². The number of rotatable bonds is 7. The smallest absolute Gasteiger partial charge is 0.229 e. The Morgan fingerprint density at radius 3 is 2.81 bits per heavy atom. The number of nitrogens with two attached hydrogens (primary N) is 1. The number of aryl methyl sites for hydroxylation is 1. The molecule has 2 heterocycles. The average molecular weight is 373 g/mol. The quantitative estimate of drug-likeness (QED) is 0.657. The predicted molar refractivity (Wildman–Crippen MR) is 98.6 cm³/mol. The summed E-state index contributed by atoms with van der Waals surface area (Å²) in [6, 6.07) is 4.73. The lowest BCUT2D eigenvalue weighted by Crippen LogP contribution is -2.40. The van der Waals surface area contributed by atoms with Crippen molar-refractivity contribution in [1.82, 2.24) is 14.8 Å². The normalized spacial score (nSPS) is 18.6. The molecule has 1 aliphatic heterocycles. The van der Waals surface area contributed by atoms with Crippen LogP contribution in [0.4, 0.5) is 5.95 Å². The van der Waals surface area contributed by atoms with E-state index in [1.54, 1.807) is 37.1 Å². The number of aliphatic hydroxyl groups excluding tert-OH is 1. The Bertz CT molecular complexity index is 863. The van der Waals surface area contributed by atoms with Gasteiger partial charge in [-0.15, -0.1) is 0 Å². The minimum absolute atomic E-state index is 0.0427. The molecule has 0 fully saturated rings. The standard InChI is InChI=1S/C18H23N5O4/c1-10-15(17(19)25)16(12-9-11(26-2)6-7-13(12)27-3)23-18(20-10)21-14(22-23)5-4-8-24/h6-7,9,15-16,24H,1,4-5,8H2,2-3H3,(H2,19,25)(H,20,21,22). The lowest BCUT2D eigenvalue weighted by molar-refractivity contribution is -0.121. The molecule has 0 radical (unpaired) electrons. The summed E-state index contributed by atoms with van der Waals surface area (Å²) in [6.45, 7) is 4.00. The summed E-state index contributed by atoms with van der Waals surface area (Å²) in [5.74, 6) is 0.892. The summed E-state index contributed by atoms with van der Waals surface area (Å²) in [6.07, 6.45) is 1.05. The molecular formula is C18H23N5O4. The van der Waals surface area contributed by atoms with E-state index in [1.165, 1.54) is 0 Å². The van der Waals surface area contributed by atoms with Crippen LogP contribution in [0.1, 0.15) is 23.9 Å². The third-order valence-corrected chi connectivity index (χ3v) is 4.52. The summed E-state index contributed by atoms with van der Waals surface area (Å²) in [7, 11) is 3.11. The van der Waals surface area contributed by atoms with E-state index in [1.807, 2.05) is 0 Å². The summed E-state index contributed by atoms with van der Waals surface area (Å²) < 4.78 is 12.4. The number of aliphatic hydroxyl groups is 1. The van der Waals surface area contributed by atoms with Crippen LogP contribution in [0.2, 0.25) is 0 Å². The van der Waals surface area contributed by atoms with E-state index < -0.39 is 17.9 Å². The van der Waals surface area contributed by atoms with E-state index in [-0.39, 0.29) is 6.61 Å². The van der Waals surface area contributed by atoms with Crippen LogP contribution >= 0.6 is 0 Å². The monoisotopic (exact) mass is 373 g/mol. The van der Waals surface area contributed by atoms with Crippen molar-refractivity contribution in [2.24, 2.45) is 11.7 Å². The fraction of sp³-hybridized carbons (Fsp3) is 0.389. The highest BCUT2D eigenvalue weighted by Gasteiger charge is 2.40. The van der Waals surface area contributed by atoms with Crippen molar-refractivity contribution in [2.45, 2.75) is 18.9 Å². The van der Waals surface area contributed by atoms with E-state index in [0.29, 0.717) is 47.4 Å². The maximum Gasteiger partial charge on any atom is 0.229 e. The largest absolute Gasteiger partial charge is 0.497 e. The molecule has 2 unspecified atom stereocenters. The first-order chi connectivity index (χ1) is 13.0. The summed E-state index contributed by atoms with van der Waals surface area (Å²) in [4.78, 5) is 16.7. The molecule has 1 amide bonds. The molecule has 0 bridgehead atoms. The number of anilines is 1. The SMILES string of the molecule is C=C1Nc2nc(CCCO)nn2C(c2cc(OC)ccc2OC)C1C(N)=O. The van der Waals surface area contributed by atoms with Gasteiger partial charge in [-0.2, -0.15) is 10.1 Å². The highest BCUT2D eigenvalue weighted by atomic mass is 16.5. The van der Waals surface area contributed by atoms with Gasteiger partial charge in [0, 0.05) is 24.3 Å². The average Bonchev–Trinajstić information content (AvgIpc) is 3.06. The van der Waals surface area contributed by atoms with Gasteiger partial charge in [-0.05, 0) is 24.6 Å². The van der Waals surface area contributed by atoms with Gasteiger partial charge in [-0.25, -0.2) is 4.68 Å². The second kappa shape index (κ2) is 7.67. The van der Waals surface area contributed by atoms with Gasteiger partial charge >= 0.3 is 0 Å². The summed E-state index contributed by atoms with van der Waals surface area (Å²) in [5.41, 5.74) is 6.80. The number of primary amides is 1. The van der Waals surface area contributed by atoms with Gasteiger partial charge in [0.1, 0.15) is 23.5 Å². The molecule has 144 valence electrons. The van der Waals surface area contributed by atoms with Gasteiger partial charge in [-0.3, -0.25) is 4.79 Å². The van der Waals surface area contributed by atoms with Crippen molar-refractivity contribution in [3.63, 3.8) is 0 Å². The zero-order valence-electron chi connectivity index (χ0n) is 15.3. The van der Waals surface area contributed by atoms with Crippen LogP contribution in [0.15, 0.2) is 30.5 Å². The Kier molecular flexibility index (Phi) is 5.31. The highest BCUT2D eigenvalue weighted by Crippen LogP contribution is 2.42. The zero-order chi connectivity index (χ0) is 19.6. The van der Waals surface area contributed by atoms with Crippen LogP contribution in [0, 0.1) is 5.92 Å². The third kappa shape index (κ3) is 3.45. The van der Waals surface area contributed by atoms with Crippen molar-refractivity contribution < 1.29 is 19.4 Å². The zero-order valence-corrected chi connectivity index (χ0v) is 15.3. The molecule has 4 N–H and O–H groups in total. The Morgan fingerprint density at radius 1 is 1.41 bits per heavy atom. The van der Waals surface area contributed by atoms with Gasteiger partial charge in [-0.1, -0.05) is 6.58 Å². The molecule has 2 atom stereocenters. The molecule has 1 aromatic carbocycles. The van der Waals surface area contributed by atoms with E-state index in [2.05, 4.69) is 22.0 Å². The van der Waals surface area contributed by atoms with Crippen molar-refractivity contribution in [3.8, 4) is 11.5 Å².